The van der Waals surface area contributed by atoms with Gasteiger partial charge in [-0.1, -0.05) is 6.07 Å². The number of nitriles is 1. The van der Waals surface area contributed by atoms with Crippen LogP contribution in [0, 0.1) is 18.3 Å². The number of aryl methyl sites for hydroxylation is 1. The molecule has 0 radical (unpaired) electrons. The number of nitrogens with one attached hydrogen (secondary N) is 2. The Morgan fingerprint density at radius 3 is 3.19 bits per heavy atom. The van der Waals surface area contributed by atoms with Gasteiger partial charge in [0.2, 0.25) is 0 Å². The lowest BCUT2D eigenvalue weighted by molar-refractivity contribution is 0.750. The van der Waals surface area contributed by atoms with Gasteiger partial charge in [0.25, 0.3) is 0 Å². The molecule has 0 aliphatic rings. The first kappa shape index (κ1) is 10.7. The molecule has 1 aromatic carbocycles. The van der Waals surface area contributed by atoms with E-state index >= 15 is 0 Å². The zero-order chi connectivity index (χ0) is 11.4. The summed E-state index contributed by atoms with van der Waals surface area (Å²) in [4.78, 5) is 7.57. The first-order valence-corrected chi connectivity index (χ1v) is 5.32. The van der Waals surface area contributed by atoms with Crippen molar-refractivity contribution in [2.75, 3.05) is 13.1 Å². The quantitative estimate of drug-likeness (QED) is 0.599. The van der Waals surface area contributed by atoms with E-state index in [9.17, 15) is 0 Å². The molecule has 0 saturated carbocycles. The Labute approximate surface area is 94.3 Å². The molecule has 0 aliphatic heterocycles. The fourth-order valence-electron chi connectivity index (χ4n) is 1.72. The molecule has 82 valence electrons. The normalized spacial score (nSPS) is 10.5. The van der Waals surface area contributed by atoms with E-state index in [4.69, 9.17) is 5.26 Å². The maximum absolute atomic E-state index is 8.38. The molecule has 0 amide bonds. The number of imidazole rings is 1. The molecule has 0 spiro atoms. The number of nitrogens with zero attached hydrogens (tertiary/aromatic N) is 2. The van der Waals surface area contributed by atoms with E-state index in [1.165, 1.54) is 5.56 Å². The van der Waals surface area contributed by atoms with Crippen LogP contribution < -0.4 is 5.32 Å². The fourth-order valence-corrected chi connectivity index (χ4v) is 1.72. The van der Waals surface area contributed by atoms with Gasteiger partial charge in [-0.15, -0.1) is 0 Å². The number of H-pyrrole nitrogens is 1. The average Bonchev–Trinajstić information content (AvgIpc) is 2.64. The van der Waals surface area contributed by atoms with Gasteiger partial charge in [-0.25, -0.2) is 4.98 Å². The molecule has 0 atom stereocenters. The third-order valence-corrected chi connectivity index (χ3v) is 2.46. The fraction of sp³-hybridized carbons (Fsp3) is 0.333. The van der Waals surface area contributed by atoms with Crippen LogP contribution in [0.15, 0.2) is 18.2 Å². The molecule has 0 aliphatic carbocycles. The summed E-state index contributed by atoms with van der Waals surface area (Å²) in [7, 11) is 0. The molecule has 2 rings (SSSR count). The molecule has 2 aromatic rings. The van der Waals surface area contributed by atoms with Gasteiger partial charge >= 0.3 is 0 Å². The summed E-state index contributed by atoms with van der Waals surface area (Å²) in [5.74, 6) is 0.940. The summed E-state index contributed by atoms with van der Waals surface area (Å²) in [6.07, 6.45) is 0.926. The Bertz CT molecular complexity index is 521. The first-order valence-electron chi connectivity index (χ1n) is 5.32. The molecule has 0 bridgehead atoms. The van der Waals surface area contributed by atoms with Crippen LogP contribution in [0.3, 0.4) is 0 Å². The highest BCUT2D eigenvalue weighted by Crippen LogP contribution is 2.13. The molecular formula is C12H14N4. The summed E-state index contributed by atoms with van der Waals surface area (Å²) >= 11 is 0. The lowest BCUT2D eigenvalue weighted by Gasteiger charge is -2.01. The van der Waals surface area contributed by atoms with E-state index in [-0.39, 0.29) is 0 Å². The van der Waals surface area contributed by atoms with Gasteiger partial charge in [0.05, 0.1) is 23.6 Å². The highest BCUT2D eigenvalue weighted by molar-refractivity contribution is 5.75. The van der Waals surface area contributed by atoms with E-state index in [1.54, 1.807) is 0 Å². The van der Waals surface area contributed by atoms with Crippen LogP contribution in [0.2, 0.25) is 0 Å². The Morgan fingerprint density at radius 1 is 1.50 bits per heavy atom. The van der Waals surface area contributed by atoms with Gasteiger partial charge in [0.1, 0.15) is 5.82 Å². The monoisotopic (exact) mass is 214 g/mol. The second-order valence-corrected chi connectivity index (χ2v) is 3.76. The van der Waals surface area contributed by atoms with Crippen LogP contribution in [0.25, 0.3) is 11.0 Å². The van der Waals surface area contributed by atoms with Crippen molar-refractivity contribution in [1.82, 2.24) is 15.3 Å². The summed E-state index contributed by atoms with van der Waals surface area (Å²) in [5, 5.41) is 11.4. The molecule has 16 heavy (non-hydrogen) atoms. The Hall–Kier alpha value is -1.86. The van der Waals surface area contributed by atoms with Crippen molar-refractivity contribution in [1.29, 1.82) is 5.26 Å². The topological polar surface area (TPSA) is 64.5 Å². The summed E-state index contributed by atoms with van der Waals surface area (Å²) in [6.45, 7) is 3.19. The Morgan fingerprint density at radius 2 is 2.38 bits per heavy atom. The van der Waals surface area contributed by atoms with Crippen molar-refractivity contribution in [3.63, 3.8) is 0 Å². The standard InChI is InChI=1S/C12H14N4/c1-9-15-11-3-2-10(8-12(11)16-9)4-6-14-7-5-13/h2-3,8,14H,4,6-7H2,1H3,(H,15,16). The summed E-state index contributed by atoms with van der Waals surface area (Å²) < 4.78 is 0. The van der Waals surface area contributed by atoms with Crippen molar-refractivity contribution in [2.24, 2.45) is 0 Å². The number of benzene rings is 1. The van der Waals surface area contributed by atoms with Gasteiger partial charge in [-0.3, -0.25) is 0 Å². The smallest absolute Gasteiger partial charge is 0.104 e. The molecule has 4 heteroatoms. The second-order valence-electron chi connectivity index (χ2n) is 3.76. The predicted molar refractivity (Wildman–Crippen MR) is 63.0 cm³/mol. The van der Waals surface area contributed by atoms with Crippen molar-refractivity contribution in [2.45, 2.75) is 13.3 Å². The lowest BCUT2D eigenvalue weighted by atomic mass is 10.1. The molecule has 4 nitrogen and oxygen atoms in total. The molecular weight excluding hydrogens is 200 g/mol. The van der Waals surface area contributed by atoms with Crippen LogP contribution in [-0.4, -0.2) is 23.1 Å². The minimum absolute atomic E-state index is 0.408. The van der Waals surface area contributed by atoms with E-state index in [2.05, 4.69) is 33.5 Å². The van der Waals surface area contributed by atoms with E-state index < -0.39 is 0 Å². The van der Waals surface area contributed by atoms with E-state index in [0.29, 0.717) is 6.54 Å². The van der Waals surface area contributed by atoms with Crippen LogP contribution in [0.5, 0.6) is 0 Å². The molecule has 0 fully saturated rings. The highest BCUT2D eigenvalue weighted by Gasteiger charge is 2.00. The summed E-state index contributed by atoms with van der Waals surface area (Å²) in [6, 6.07) is 8.28. The third kappa shape index (κ3) is 2.38. The SMILES string of the molecule is Cc1nc2ccc(CCNCC#N)cc2[nH]1. The van der Waals surface area contributed by atoms with Crippen LogP contribution in [0.4, 0.5) is 0 Å². The highest BCUT2D eigenvalue weighted by atomic mass is 14.9. The number of hydrogen-bond donors (Lipinski definition) is 2. The predicted octanol–water partition coefficient (Wildman–Crippen LogP) is 1.53. The number of fused-ring (bicyclic) bond motifs is 1. The van der Waals surface area contributed by atoms with Gasteiger partial charge in [-0.05, 0) is 31.0 Å². The minimum atomic E-state index is 0.408. The third-order valence-electron chi connectivity index (χ3n) is 2.46. The number of aromatic amines is 1. The van der Waals surface area contributed by atoms with Crippen molar-refractivity contribution >= 4 is 11.0 Å². The molecule has 0 saturated heterocycles. The van der Waals surface area contributed by atoms with Gasteiger partial charge in [0.15, 0.2) is 0 Å². The largest absolute Gasteiger partial charge is 0.342 e. The van der Waals surface area contributed by atoms with E-state index in [1.807, 2.05) is 13.0 Å². The average molecular weight is 214 g/mol. The van der Waals surface area contributed by atoms with E-state index in [0.717, 1.165) is 29.8 Å². The number of hydrogen-bond acceptors (Lipinski definition) is 3. The first-order chi connectivity index (χ1) is 7.79. The summed E-state index contributed by atoms with van der Waals surface area (Å²) in [5.41, 5.74) is 3.34. The Balaban J connectivity index is 2.05. The van der Waals surface area contributed by atoms with Gasteiger partial charge in [0, 0.05) is 6.54 Å². The number of rotatable bonds is 4. The molecule has 0 unspecified atom stereocenters. The van der Waals surface area contributed by atoms with Crippen LogP contribution in [0.1, 0.15) is 11.4 Å². The zero-order valence-corrected chi connectivity index (χ0v) is 9.25. The minimum Gasteiger partial charge on any atom is -0.342 e. The van der Waals surface area contributed by atoms with Crippen molar-refractivity contribution in [3.8, 4) is 6.07 Å². The zero-order valence-electron chi connectivity index (χ0n) is 9.25. The maximum atomic E-state index is 8.38. The maximum Gasteiger partial charge on any atom is 0.104 e. The van der Waals surface area contributed by atoms with Crippen LogP contribution >= 0.6 is 0 Å². The van der Waals surface area contributed by atoms with Gasteiger partial charge in [-0.2, -0.15) is 5.26 Å². The Kier molecular flexibility index (Phi) is 3.18. The molecule has 1 heterocycles. The second kappa shape index (κ2) is 4.77. The van der Waals surface area contributed by atoms with Crippen molar-refractivity contribution in [3.05, 3.63) is 29.6 Å². The van der Waals surface area contributed by atoms with Crippen molar-refractivity contribution < 1.29 is 0 Å². The lowest BCUT2D eigenvalue weighted by Crippen LogP contribution is -2.17. The molecule has 1 aromatic heterocycles. The van der Waals surface area contributed by atoms with Crippen LogP contribution in [-0.2, 0) is 6.42 Å². The van der Waals surface area contributed by atoms with Gasteiger partial charge < -0.3 is 10.3 Å². The molecule has 2 N–H and O–H groups in total. The number of aromatic nitrogens is 2.